The van der Waals surface area contributed by atoms with Gasteiger partial charge in [0.1, 0.15) is 0 Å². The Bertz CT molecular complexity index is 401. The first-order chi connectivity index (χ1) is 8.46. The molecule has 0 N–H and O–H groups in total. The second-order valence-electron chi connectivity index (χ2n) is 6.67. The number of ether oxygens (including phenoxy) is 2. The highest BCUT2D eigenvalue weighted by molar-refractivity contribution is 5.22. The van der Waals surface area contributed by atoms with Gasteiger partial charge in [-0.05, 0) is 46.5 Å². The van der Waals surface area contributed by atoms with Gasteiger partial charge in [-0.25, -0.2) is 0 Å². The summed E-state index contributed by atoms with van der Waals surface area (Å²) in [6.07, 6.45) is 7.06. The van der Waals surface area contributed by atoms with E-state index in [1.165, 1.54) is 11.1 Å². The first-order valence-corrected chi connectivity index (χ1v) is 7.08. The zero-order chi connectivity index (χ0) is 13.0. The Morgan fingerprint density at radius 2 is 2.22 bits per heavy atom. The molecule has 2 heterocycles. The van der Waals surface area contributed by atoms with Gasteiger partial charge in [0.05, 0.1) is 23.9 Å². The summed E-state index contributed by atoms with van der Waals surface area (Å²) in [7, 11) is 0. The molecule has 1 spiro atoms. The van der Waals surface area contributed by atoms with Crippen LogP contribution in [-0.2, 0) is 9.47 Å². The van der Waals surface area contributed by atoms with Gasteiger partial charge in [-0.3, -0.25) is 0 Å². The monoisotopic (exact) mass is 248 g/mol. The summed E-state index contributed by atoms with van der Waals surface area (Å²) in [5.41, 5.74) is 2.90. The molecule has 3 rings (SSSR count). The van der Waals surface area contributed by atoms with Crippen LogP contribution in [0.25, 0.3) is 0 Å². The van der Waals surface area contributed by atoms with E-state index in [4.69, 9.17) is 9.47 Å². The predicted molar refractivity (Wildman–Crippen MR) is 72.5 cm³/mol. The number of epoxide rings is 2. The van der Waals surface area contributed by atoms with Crippen LogP contribution in [-0.4, -0.2) is 23.9 Å². The number of hydrogen-bond acceptors (Lipinski definition) is 2. The highest BCUT2D eigenvalue weighted by Gasteiger charge is 2.67. The van der Waals surface area contributed by atoms with Crippen LogP contribution in [0.3, 0.4) is 0 Å². The second kappa shape index (κ2) is 3.94. The molecule has 0 amide bonds. The van der Waals surface area contributed by atoms with Crippen LogP contribution >= 0.6 is 0 Å². The summed E-state index contributed by atoms with van der Waals surface area (Å²) in [6.45, 7) is 11.7. The smallest absolute Gasteiger partial charge is 0.0983 e. The van der Waals surface area contributed by atoms with Gasteiger partial charge in [0.25, 0.3) is 0 Å². The number of hydrogen-bond donors (Lipinski definition) is 0. The zero-order valence-electron chi connectivity index (χ0n) is 11.8. The van der Waals surface area contributed by atoms with Crippen molar-refractivity contribution in [1.82, 2.24) is 0 Å². The van der Waals surface area contributed by atoms with Crippen molar-refractivity contribution < 1.29 is 9.47 Å². The molecule has 2 saturated heterocycles. The minimum absolute atomic E-state index is 0.0197. The van der Waals surface area contributed by atoms with Gasteiger partial charge in [0, 0.05) is 5.92 Å². The van der Waals surface area contributed by atoms with Gasteiger partial charge in [-0.15, -0.1) is 0 Å². The third kappa shape index (κ3) is 1.96. The van der Waals surface area contributed by atoms with E-state index in [1.54, 1.807) is 0 Å². The lowest BCUT2D eigenvalue weighted by molar-refractivity contribution is 0.106. The molecule has 0 radical (unpaired) electrons. The first-order valence-electron chi connectivity index (χ1n) is 7.08. The van der Waals surface area contributed by atoms with E-state index in [9.17, 15) is 0 Å². The van der Waals surface area contributed by atoms with Crippen molar-refractivity contribution in [2.75, 3.05) is 6.61 Å². The Hall–Kier alpha value is -0.600. The molecule has 3 fully saturated rings. The van der Waals surface area contributed by atoms with Crippen LogP contribution in [0, 0.1) is 5.92 Å². The van der Waals surface area contributed by atoms with Crippen molar-refractivity contribution in [1.29, 1.82) is 0 Å². The van der Waals surface area contributed by atoms with Gasteiger partial charge in [0.15, 0.2) is 0 Å². The molecule has 4 atom stereocenters. The fraction of sp³-hybridized carbons (Fsp3) is 0.750. The van der Waals surface area contributed by atoms with E-state index in [2.05, 4.69) is 33.4 Å². The predicted octanol–water partition coefficient (Wildman–Crippen LogP) is 3.63. The molecule has 3 aliphatic rings. The van der Waals surface area contributed by atoms with Gasteiger partial charge >= 0.3 is 0 Å². The van der Waals surface area contributed by atoms with Crippen molar-refractivity contribution in [3.63, 3.8) is 0 Å². The topological polar surface area (TPSA) is 25.1 Å². The number of allylic oxidation sites excluding steroid dienone is 2. The Labute approximate surface area is 110 Å². The third-order valence-electron chi connectivity index (χ3n) is 4.96. The maximum Gasteiger partial charge on any atom is 0.0983 e. The van der Waals surface area contributed by atoms with E-state index in [0.717, 1.165) is 32.3 Å². The molecular formula is C16H24O2. The summed E-state index contributed by atoms with van der Waals surface area (Å²) >= 11 is 0. The highest BCUT2D eigenvalue weighted by atomic mass is 16.6. The molecule has 2 heteroatoms. The van der Waals surface area contributed by atoms with Crippen molar-refractivity contribution in [3.8, 4) is 0 Å². The molecule has 2 aliphatic heterocycles. The van der Waals surface area contributed by atoms with Crippen LogP contribution in [0.15, 0.2) is 23.8 Å². The molecule has 0 aromatic rings. The van der Waals surface area contributed by atoms with Crippen LogP contribution < -0.4 is 0 Å². The van der Waals surface area contributed by atoms with Gasteiger partial charge in [-0.2, -0.15) is 0 Å². The lowest BCUT2D eigenvalue weighted by atomic mass is 9.70. The minimum atomic E-state index is 0.0197. The first kappa shape index (κ1) is 12.4. The molecule has 0 aromatic heterocycles. The standard InChI is InChI=1S/C16H24O2/c1-11(2)5-6-14-15(4,18-14)13-9-12(3)7-8-16(13)10-17-16/h5,13-14H,3,6-10H2,1-2,4H3. The van der Waals surface area contributed by atoms with Gasteiger partial charge in [-0.1, -0.05) is 23.8 Å². The molecule has 4 unspecified atom stereocenters. The molecule has 18 heavy (non-hydrogen) atoms. The molecule has 1 aliphatic carbocycles. The summed E-state index contributed by atoms with van der Waals surface area (Å²) in [5.74, 6) is 0.516. The maximum absolute atomic E-state index is 6.05. The summed E-state index contributed by atoms with van der Waals surface area (Å²) in [4.78, 5) is 0. The number of rotatable bonds is 3. The van der Waals surface area contributed by atoms with Crippen LogP contribution in [0.2, 0.25) is 0 Å². The normalized spacial score (nSPS) is 46.1. The largest absolute Gasteiger partial charge is 0.369 e. The van der Waals surface area contributed by atoms with Crippen LogP contribution in [0.4, 0.5) is 0 Å². The molecule has 2 nitrogen and oxygen atoms in total. The summed E-state index contributed by atoms with van der Waals surface area (Å²) in [6, 6.07) is 0. The van der Waals surface area contributed by atoms with E-state index in [-0.39, 0.29) is 11.2 Å². The molecule has 0 bridgehead atoms. The Morgan fingerprint density at radius 1 is 1.50 bits per heavy atom. The van der Waals surface area contributed by atoms with Crippen LogP contribution in [0.1, 0.15) is 46.5 Å². The van der Waals surface area contributed by atoms with E-state index in [0.29, 0.717) is 12.0 Å². The Balaban J connectivity index is 1.71. The minimum Gasteiger partial charge on any atom is -0.369 e. The van der Waals surface area contributed by atoms with Crippen molar-refractivity contribution in [2.24, 2.45) is 5.92 Å². The fourth-order valence-electron chi connectivity index (χ4n) is 3.51. The lowest BCUT2D eigenvalue weighted by Gasteiger charge is -2.33. The highest BCUT2D eigenvalue weighted by Crippen LogP contribution is 2.59. The molecule has 0 aromatic carbocycles. The second-order valence-corrected chi connectivity index (χ2v) is 6.67. The Morgan fingerprint density at radius 3 is 2.83 bits per heavy atom. The SMILES string of the molecule is C=C1CCC2(CO2)C(C2(C)OC2CC=C(C)C)C1. The van der Waals surface area contributed by atoms with Gasteiger partial charge in [0.2, 0.25) is 0 Å². The van der Waals surface area contributed by atoms with Crippen molar-refractivity contribution in [3.05, 3.63) is 23.8 Å². The zero-order valence-corrected chi connectivity index (χ0v) is 11.8. The quantitative estimate of drug-likeness (QED) is 0.563. The maximum atomic E-state index is 6.05. The van der Waals surface area contributed by atoms with E-state index in [1.807, 2.05) is 0 Å². The Kier molecular flexibility index (Phi) is 2.73. The van der Waals surface area contributed by atoms with Crippen LogP contribution in [0.5, 0.6) is 0 Å². The van der Waals surface area contributed by atoms with E-state index < -0.39 is 0 Å². The van der Waals surface area contributed by atoms with E-state index >= 15 is 0 Å². The third-order valence-corrected chi connectivity index (χ3v) is 4.96. The van der Waals surface area contributed by atoms with Crippen molar-refractivity contribution in [2.45, 2.75) is 63.8 Å². The molecular weight excluding hydrogens is 224 g/mol. The summed E-state index contributed by atoms with van der Waals surface area (Å²) in [5, 5.41) is 0. The van der Waals surface area contributed by atoms with Crippen molar-refractivity contribution >= 4 is 0 Å². The van der Waals surface area contributed by atoms with Gasteiger partial charge < -0.3 is 9.47 Å². The lowest BCUT2D eigenvalue weighted by Crippen LogP contribution is -2.40. The molecule has 100 valence electrons. The fourth-order valence-corrected chi connectivity index (χ4v) is 3.51. The average molecular weight is 248 g/mol. The molecule has 1 saturated carbocycles. The summed E-state index contributed by atoms with van der Waals surface area (Å²) < 4.78 is 11.9. The average Bonchev–Trinajstić information content (AvgIpc) is 3.19.